The van der Waals surface area contributed by atoms with Crippen LogP contribution in [0.3, 0.4) is 0 Å². The minimum atomic E-state index is 0.255. The number of nitrogens with two attached hydrogens (primary N) is 1. The van der Waals surface area contributed by atoms with Crippen LogP contribution < -0.4 is 5.73 Å². The molecule has 0 unspecified atom stereocenters. The third kappa shape index (κ3) is 44.0. The predicted molar refractivity (Wildman–Crippen MR) is 327 cm³/mol. The van der Waals surface area contributed by atoms with Crippen molar-refractivity contribution in [3.05, 3.63) is 195 Å². The highest BCUT2D eigenvalue weighted by Gasteiger charge is 2.40. The lowest BCUT2D eigenvalue weighted by molar-refractivity contribution is 0.160. The SMILES string of the molecule is C=C(N)OC.CC1(c2ccccn2)CC1.CC=NOC.CC=NOCC.CCc1ccccn1.CCc1ccnn1C.CCc1cscn1.Cc1cnc(C)cn1.Cc1cnc(C)nc1.Cc1cncnc1.Cc1csc(C)n1. The van der Waals surface area contributed by atoms with E-state index < -0.39 is 0 Å². The Morgan fingerprint density at radius 2 is 1.25 bits per heavy atom. The lowest BCUT2D eigenvalue weighted by Crippen LogP contribution is -2.01. The summed E-state index contributed by atoms with van der Waals surface area (Å²) in [5.41, 5.74) is 17.3. The number of thiazole rings is 2. The molecule has 0 spiro atoms. The van der Waals surface area contributed by atoms with E-state index in [1.54, 1.807) is 66.8 Å². The van der Waals surface area contributed by atoms with E-state index in [4.69, 9.17) is 5.73 Å². The molecular formula is C59H89N15O3S2. The lowest BCUT2D eigenvalue weighted by atomic mass is 10.1. The van der Waals surface area contributed by atoms with E-state index in [0.717, 1.165) is 64.0 Å². The summed E-state index contributed by atoms with van der Waals surface area (Å²) in [5, 5.41) is 16.1. The summed E-state index contributed by atoms with van der Waals surface area (Å²) >= 11 is 3.35. The fourth-order valence-corrected chi connectivity index (χ4v) is 6.18. The zero-order valence-corrected chi connectivity index (χ0v) is 51.7. The second-order valence-corrected chi connectivity index (χ2v) is 18.4. The molecule has 0 amide bonds. The molecule has 0 aromatic carbocycles. The molecule has 8 heterocycles. The monoisotopic (exact) mass is 1120 g/mol. The largest absolute Gasteiger partial charge is 0.483 e. The van der Waals surface area contributed by atoms with Gasteiger partial charge in [0.15, 0.2) is 5.88 Å². The lowest BCUT2D eigenvalue weighted by Gasteiger charge is -2.04. The molecule has 0 atom stereocenters. The molecule has 79 heavy (non-hydrogen) atoms. The highest BCUT2D eigenvalue weighted by atomic mass is 32.1. The Balaban J connectivity index is 0. The number of hydrogen-bond donors (Lipinski definition) is 1. The van der Waals surface area contributed by atoms with Gasteiger partial charge in [0.05, 0.1) is 34.7 Å². The third-order valence-electron chi connectivity index (χ3n) is 9.53. The molecule has 1 aliphatic rings. The Bertz CT molecular complexity index is 2550. The van der Waals surface area contributed by atoms with Crippen LogP contribution in [-0.4, -0.2) is 92.9 Å². The molecule has 430 valence electrons. The normalized spacial score (nSPS) is 10.5. The van der Waals surface area contributed by atoms with Crippen molar-refractivity contribution in [2.45, 2.75) is 134 Å². The molecule has 1 saturated carbocycles. The zero-order chi connectivity index (χ0) is 59.5. The van der Waals surface area contributed by atoms with Gasteiger partial charge in [0.1, 0.15) is 25.9 Å². The predicted octanol–water partition coefficient (Wildman–Crippen LogP) is 12.9. The first kappa shape index (κ1) is 73.4. The molecule has 2 N–H and O–H groups in total. The van der Waals surface area contributed by atoms with E-state index in [-0.39, 0.29) is 5.88 Å². The highest BCUT2D eigenvalue weighted by Crippen LogP contribution is 2.46. The van der Waals surface area contributed by atoms with Crippen molar-refractivity contribution in [2.75, 3.05) is 20.8 Å². The molecule has 0 bridgehead atoms. The van der Waals surface area contributed by atoms with Gasteiger partial charge in [0.25, 0.3) is 0 Å². The summed E-state index contributed by atoms with van der Waals surface area (Å²) in [6.45, 7) is 31.7. The Morgan fingerprint density at radius 3 is 1.51 bits per heavy atom. The van der Waals surface area contributed by atoms with Crippen molar-refractivity contribution in [3.63, 3.8) is 0 Å². The maximum absolute atomic E-state index is 4.88. The average Bonchev–Trinajstić information content (AvgIpc) is 3.78. The molecule has 20 heteroatoms. The molecule has 8 aromatic heterocycles. The third-order valence-corrected chi connectivity index (χ3v) is 11.1. The van der Waals surface area contributed by atoms with Gasteiger partial charge in [-0.3, -0.25) is 24.6 Å². The minimum absolute atomic E-state index is 0.255. The van der Waals surface area contributed by atoms with Crippen molar-refractivity contribution in [1.29, 1.82) is 0 Å². The number of rotatable bonds is 8. The number of methoxy groups -OCH3 is 1. The average molecular weight is 1120 g/mol. The molecule has 1 fully saturated rings. The van der Waals surface area contributed by atoms with Crippen LogP contribution in [0, 0.1) is 48.5 Å². The molecular weight excluding hydrogens is 1030 g/mol. The van der Waals surface area contributed by atoms with Crippen LogP contribution in [0.1, 0.15) is 123 Å². The van der Waals surface area contributed by atoms with Crippen molar-refractivity contribution in [3.8, 4) is 0 Å². The maximum atomic E-state index is 4.88. The molecule has 18 nitrogen and oxygen atoms in total. The Hall–Kier alpha value is -7.71. The van der Waals surface area contributed by atoms with Crippen LogP contribution in [0.4, 0.5) is 0 Å². The molecule has 0 radical (unpaired) electrons. The van der Waals surface area contributed by atoms with Crippen molar-refractivity contribution in [2.24, 2.45) is 23.1 Å². The second-order valence-electron chi connectivity index (χ2n) is 16.6. The molecule has 0 saturated heterocycles. The zero-order valence-electron chi connectivity index (χ0n) is 50.0. The summed E-state index contributed by atoms with van der Waals surface area (Å²) in [4.78, 5) is 48.9. The van der Waals surface area contributed by atoms with Crippen molar-refractivity contribution < 1.29 is 14.4 Å². The van der Waals surface area contributed by atoms with Crippen LogP contribution in [0.2, 0.25) is 0 Å². The number of ether oxygens (including phenoxy) is 1. The topological polar surface area (TPSA) is 225 Å². The molecule has 8 aromatic rings. The van der Waals surface area contributed by atoms with E-state index in [1.807, 2.05) is 141 Å². The van der Waals surface area contributed by atoms with E-state index in [1.165, 1.54) is 50.5 Å². The summed E-state index contributed by atoms with van der Waals surface area (Å²) < 4.78 is 6.22. The minimum Gasteiger partial charge on any atom is -0.483 e. The number of pyridine rings is 2. The smallest absolute Gasteiger partial charge is 0.176 e. The Labute approximate surface area is 480 Å². The summed E-state index contributed by atoms with van der Waals surface area (Å²) in [7, 11) is 4.95. The second kappa shape index (κ2) is 48.6. The van der Waals surface area contributed by atoms with Crippen molar-refractivity contribution in [1.82, 2.24) is 59.6 Å². The van der Waals surface area contributed by atoms with Gasteiger partial charge in [-0.1, -0.05) is 45.0 Å². The van der Waals surface area contributed by atoms with Gasteiger partial charge in [-0.05, 0) is 149 Å². The molecule has 9 rings (SSSR count). The van der Waals surface area contributed by atoms with Gasteiger partial charge in [0.2, 0.25) is 0 Å². The first-order valence-electron chi connectivity index (χ1n) is 25.7. The van der Waals surface area contributed by atoms with Gasteiger partial charge >= 0.3 is 0 Å². The van der Waals surface area contributed by atoms with Gasteiger partial charge in [-0.25, -0.2) is 29.9 Å². The summed E-state index contributed by atoms with van der Waals surface area (Å²) in [6.07, 6.45) is 26.7. The summed E-state index contributed by atoms with van der Waals surface area (Å²) in [5.74, 6) is 1.08. The Morgan fingerprint density at radius 1 is 0.684 bits per heavy atom. The van der Waals surface area contributed by atoms with E-state index >= 15 is 0 Å². The summed E-state index contributed by atoms with van der Waals surface area (Å²) in [6, 6.07) is 14.1. The molecule has 0 aliphatic heterocycles. The van der Waals surface area contributed by atoms with Crippen LogP contribution >= 0.6 is 22.7 Å². The number of hydrogen-bond acceptors (Lipinski definition) is 19. The fourth-order valence-electron chi connectivity index (χ4n) is 4.94. The van der Waals surface area contributed by atoms with Crippen molar-refractivity contribution >= 4 is 35.1 Å². The maximum Gasteiger partial charge on any atom is 0.176 e. The Kier molecular flexibility index (Phi) is 45.2. The quantitative estimate of drug-likeness (QED) is 0.0848. The number of nitrogens with zero attached hydrogens (tertiary/aromatic N) is 14. The highest BCUT2D eigenvalue weighted by molar-refractivity contribution is 7.09. The van der Waals surface area contributed by atoms with Crippen LogP contribution in [0.5, 0.6) is 0 Å². The van der Waals surface area contributed by atoms with Gasteiger partial charge in [-0.2, -0.15) is 5.10 Å². The number of aryl methyl sites for hydroxylation is 11. The standard InChI is InChI=1S/C9H11N.C7H9N.2C6H8N2.C6H10N2.C5H6N2.2C5H7NS.C4H9NO.2C3H7NO/c1-9(5-6-9)8-4-2-3-7-10-8;1-2-7-5-3-4-6-8-7;1-5-3-8-6(2)4-7-5;1-5-3-7-6(2)8-4-5;1-3-6-4-5-7-8(6)2;1-5-2-6-4-7-3-5;1-4-3-7-5(2)6-4;1-2-5-3-7-4-6-5;1-3-5-6-4-2;1-3-4-5-2;1-3(4)5-2/h2-4,7H,5-6H2,1H3;3-6H,2H2,1H3;2*3-4H,1-2H3;4-5H,3H2,1-2H3;2-4H,1H3;3H,1-2H3;3-4H,2H2,1H3;3H,4H2,1-2H3;3H,1-2H3;1,4H2,2H3. The fraction of sp³-hybridized carbons (Fsp3) is 0.407. The van der Waals surface area contributed by atoms with Crippen LogP contribution in [0.15, 0.2) is 144 Å². The molecule has 1 aliphatic carbocycles. The van der Waals surface area contributed by atoms with Crippen LogP contribution in [0.25, 0.3) is 0 Å². The first-order chi connectivity index (χ1) is 37.9. The van der Waals surface area contributed by atoms with E-state index in [9.17, 15) is 0 Å². The van der Waals surface area contributed by atoms with Gasteiger partial charge in [-0.15, -0.1) is 27.8 Å². The van der Waals surface area contributed by atoms with E-state index in [2.05, 4.69) is 137 Å². The number of oxime groups is 2. The van der Waals surface area contributed by atoms with Crippen LogP contribution in [-0.2, 0) is 46.1 Å². The van der Waals surface area contributed by atoms with E-state index in [0.29, 0.717) is 12.0 Å². The number of aromatic nitrogens is 12. The van der Waals surface area contributed by atoms with Gasteiger partial charge < -0.3 is 20.1 Å². The van der Waals surface area contributed by atoms with Gasteiger partial charge in [0, 0.05) is 114 Å². The first-order valence-corrected chi connectivity index (χ1v) is 27.6.